The van der Waals surface area contributed by atoms with Crippen molar-refractivity contribution in [1.82, 2.24) is 25.9 Å². The number of nitrogens with two attached hydrogens (primary N) is 2. The average Bonchev–Trinajstić information content (AvgIpc) is 3.47. The summed E-state index contributed by atoms with van der Waals surface area (Å²) in [7, 11) is 1.52. The van der Waals surface area contributed by atoms with E-state index in [0.29, 0.717) is 67.1 Å². The van der Waals surface area contributed by atoms with Gasteiger partial charge in [0.1, 0.15) is 5.84 Å². The molecule has 7 N–H and O–H groups in total. The Morgan fingerprint density at radius 2 is 1.82 bits per heavy atom. The summed E-state index contributed by atoms with van der Waals surface area (Å²) in [6.45, 7) is 19.4. The SMILES string of the molecule is C=C/C=C\C(NC(=O)NC)=C(\Cl)C(C)Cl.CC.CC.CC(C)c1cc(C(=O)N2CCC(=O)N(CC/C(=N/N)NN)CC2)cs1. The van der Waals surface area contributed by atoms with Crippen molar-refractivity contribution in [3.05, 3.63) is 57.4 Å². The summed E-state index contributed by atoms with van der Waals surface area (Å²) in [5, 5.41) is 10.4. The number of nitrogens with one attached hydrogen (secondary N) is 3. The predicted octanol–water partition coefficient (Wildman–Crippen LogP) is 5.46. The fourth-order valence-electron chi connectivity index (χ4n) is 3.42. The molecular formula is C30H52Cl2N8O3S. The van der Waals surface area contributed by atoms with Gasteiger partial charge in [-0.3, -0.25) is 9.59 Å². The number of rotatable bonds is 9. The Labute approximate surface area is 277 Å². The lowest BCUT2D eigenvalue weighted by atomic mass is 10.1. The zero-order chi connectivity index (χ0) is 34.2. The molecule has 0 bridgehead atoms. The maximum atomic E-state index is 12.7. The van der Waals surface area contributed by atoms with E-state index < -0.39 is 0 Å². The number of halogens is 2. The number of carbonyl (C=O) groups is 3. The maximum absolute atomic E-state index is 12.7. The molecule has 250 valence electrons. The third kappa shape index (κ3) is 16.1. The molecule has 11 nitrogen and oxygen atoms in total. The number of amidine groups is 1. The molecule has 1 atom stereocenters. The molecule has 4 amide bonds. The van der Waals surface area contributed by atoms with Crippen LogP contribution in [0.15, 0.2) is 52.1 Å². The standard InChI is InChI=1S/C16H26N6O2S.C10H14Cl2N2O.2C2H6/c1-11(2)13-9-12(10-25-13)16(24)22-6-4-15(23)21(7-8-22)5-3-14(19-17)20-18;1-4-5-6-8(9(12)7(2)11)14-10(15)13-3;2*1-2/h9-11H,3-8,17-18H2,1-2H3,(H,19,20);4-7H,1H2,2-3H3,(H2,13,14,15);2*1-2H3/b;6-5-,9-8-;;. The number of urea groups is 1. The van der Waals surface area contributed by atoms with Crippen molar-refractivity contribution in [1.29, 1.82) is 0 Å². The average molecular weight is 676 g/mol. The number of hydrazine groups is 1. The molecule has 14 heteroatoms. The van der Waals surface area contributed by atoms with Crippen molar-refractivity contribution >= 4 is 58.2 Å². The predicted molar refractivity (Wildman–Crippen MR) is 187 cm³/mol. The lowest BCUT2D eigenvalue weighted by molar-refractivity contribution is -0.130. The molecule has 0 saturated carbocycles. The van der Waals surface area contributed by atoms with Gasteiger partial charge in [0.2, 0.25) is 5.91 Å². The summed E-state index contributed by atoms with van der Waals surface area (Å²) in [5.41, 5.74) is 3.57. The van der Waals surface area contributed by atoms with Gasteiger partial charge in [0, 0.05) is 56.3 Å². The summed E-state index contributed by atoms with van der Waals surface area (Å²) in [5.74, 6) is 11.4. The second kappa shape index (κ2) is 25.3. The lowest BCUT2D eigenvalue weighted by Crippen LogP contribution is -2.39. The summed E-state index contributed by atoms with van der Waals surface area (Å²) in [6, 6.07) is 1.60. The minimum Gasteiger partial charge on any atom is -0.341 e. The van der Waals surface area contributed by atoms with E-state index >= 15 is 0 Å². The number of thiophene rings is 1. The Hall–Kier alpha value is -3.06. The molecule has 0 aromatic carbocycles. The highest BCUT2D eigenvalue weighted by atomic mass is 35.5. The smallest absolute Gasteiger partial charge is 0.319 e. The Kier molecular flexibility index (Phi) is 24.8. The fraction of sp³-hybridized carbons (Fsp3) is 0.533. The summed E-state index contributed by atoms with van der Waals surface area (Å²) >= 11 is 13.3. The summed E-state index contributed by atoms with van der Waals surface area (Å²) in [4.78, 5) is 40.7. The van der Waals surface area contributed by atoms with Crippen LogP contribution in [0.5, 0.6) is 0 Å². The van der Waals surface area contributed by atoms with Crippen molar-refractivity contribution in [2.45, 2.75) is 72.6 Å². The third-order valence-corrected chi connectivity index (χ3v) is 7.83. The van der Waals surface area contributed by atoms with Gasteiger partial charge in [-0.2, -0.15) is 5.10 Å². The Balaban J connectivity index is 0. The Bertz CT molecular complexity index is 1100. The minimum absolute atomic E-state index is 0.00867. The van der Waals surface area contributed by atoms with Crippen LogP contribution < -0.4 is 27.7 Å². The number of hydrazone groups is 1. The van der Waals surface area contributed by atoms with E-state index in [1.165, 1.54) is 11.9 Å². The molecule has 1 aliphatic rings. The molecule has 0 aliphatic carbocycles. The molecule has 1 saturated heterocycles. The van der Waals surface area contributed by atoms with E-state index in [1.54, 1.807) is 46.3 Å². The number of nitrogens with zero attached hydrogens (tertiary/aromatic N) is 3. The van der Waals surface area contributed by atoms with Crippen LogP contribution in [0.4, 0.5) is 4.79 Å². The van der Waals surface area contributed by atoms with Crippen LogP contribution in [-0.4, -0.2) is 72.1 Å². The van der Waals surface area contributed by atoms with Crippen LogP contribution in [0.3, 0.4) is 0 Å². The van der Waals surface area contributed by atoms with Crippen molar-refractivity contribution in [3.8, 4) is 0 Å². The number of carbonyl (C=O) groups excluding carboxylic acids is 3. The fourth-order valence-corrected chi connectivity index (χ4v) is 4.54. The van der Waals surface area contributed by atoms with E-state index in [9.17, 15) is 14.4 Å². The van der Waals surface area contributed by atoms with E-state index in [-0.39, 0.29) is 23.2 Å². The number of hydrogen-bond acceptors (Lipinski definition) is 7. The Morgan fingerprint density at radius 1 is 1.18 bits per heavy atom. The van der Waals surface area contributed by atoms with Gasteiger partial charge >= 0.3 is 6.03 Å². The molecule has 1 aromatic rings. The maximum Gasteiger partial charge on any atom is 0.319 e. The number of amides is 4. The van der Waals surface area contributed by atoms with Crippen molar-refractivity contribution < 1.29 is 14.4 Å². The highest BCUT2D eigenvalue weighted by Crippen LogP contribution is 2.24. The molecule has 1 fully saturated rings. The molecule has 1 aromatic heterocycles. The number of alkyl halides is 1. The van der Waals surface area contributed by atoms with Gasteiger partial charge in [-0.1, -0.05) is 71.9 Å². The largest absolute Gasteiger partial charge is 0.341 e. The van der Waals surface area contributed by atoms with Gasteiger partial charge in [0.05, 0.1) is 21.7 Å². The zero-order valence-electron chi connectivity index (χ0n) is 27.4. The molecule has 1 unspecified atom stereocenters. The quantitative estimate of drug-likeness (QED) is 0.0584. The molecule has 0 spiro atoms. The van der Waals surface area contributed by atoms with E-state index in [4.69, 9.17) is 34.9 Å². The third-order valence-electron chi connectivity index (χ3n) is 5.73. The Morgan fingerprint density at radius 3 is 2.30 bits per heavy atom. The van der Waals surface area contributed by atoms with Gasteiger partial charge in [0.25, 0.3) is 5.91 Å². The van der Waals surface area contributed by atoms with Crippen LogP contribution in [0.2, 0.25) is 0 Å². The summed E-state index contributed by atoms with van der Waals surface area (Å²) in [6.07, 6.45) is 5.64. The van der Waals surface area contributed by atoms with Crippen LogP contribution in [-0.2, 0) is 4.79 Å². The van der Waals surface area contributed by atoms with Gasteiger partial charge in [-0.15, -0.1) is 22.9 Å². The zero-order valence-corrected chi connectivity index (χ0v) is 29.7. The molecular weight excluding hydrogens is 623 g/mol. The van der Waals surface area contributed by atoms with Crippen molar-refractivity contribution in [3.63, 3.8) is 0 Å². The highest BCUT2D eigenvalue weighted by Gasteiger charge is 2.25. The van der Waals surface area contributed by atoms with Crippen molar-refractivity contribution in [2.75, 3.05) is 33.2 Å². The molecule has 1 aliphatic heterocycles. The normalized spacial score (nSPS) is 14.5. The molecule has 2 heterocycles. The topological polar surface area (TPSA) is 158 Å². The molecule has 2 rings (SSSR count). The first-order chi connectivity index (χ1) is 21.0. The van der Waals surface area contributed by atoms with E-state index in [2.05, 4.69) is 41.6 Å². The monoisotopic (exact) mass is 674 g/mol. The summed E-state index contributed by atoms with van der Waals surface area (Å²) < 4.78 is 0. The van der Waals surface area contributed by atoms with Crippen LogP contribution in [0.25, 0.3) is 0 Å². The second-order valence-electron chi connectivity index (χ2n) is 8.96. The number of hydrogen-bond donors (Lipinski definition) is 5. The first-order valence-corrected chi connectivity index (χ1v) is 16.4. The highest BCUT2D eigenvalue weighted by molar-refractivity contribution is 7.10. The van der Waals surface area contributed by atoms with Crippen LogP contribution >= 0.6 is 34.5 Å². The first-order valence-electron chi connectivity index (χ1n) is 14.7. The van der Waals surface area contributed by atoms with E-state index in [1.807, 2.05) is 39.1 Å². The van der Waals surface area contributed by atoms with Gasteiger partial charge in [0.15, 0.2) is 0 Å². The first kappa shape index (κ1) is 43.1. The minimum atomic E-state index is -0.367. The van der Waals surface area contributed by atoms with E-state index in [0.717, 1.165) is 0 Å². The van der Waals surface area contributed by atoms with Gasteiger partial charge in [-0.05, 0) is 25.0 Å². The lowest BCUT2D eigenvalue weighted by Gasteiger charge is -2.22. The second-order valence-corrected chi connectivity index (χ2v) is 11.0. The molecule has 0 radical (unpaired) electrons. The van der Waals surface area contributed by atoms with Crippen LogP contribution in [0.1, 0.15) is 82.5 Å². The number of allylic oxidation sites excluding steroid dienone is 4. The molecule has 44 heavy (non-hydrogen) atoms. The van der Waals surface area contributed by atoms with Gasteiger partial charge in [-0.25, -0.2) is 10.6 Å². The van der Waals surface area contributed by atoms with Gasteiger partial charge < -0.3 is 31.7 Å². The van der Waals surface area contributed by atoms with Crippen LogP contribution in [0, 0.1) is 0 Å². The van der Waals surface area contributed by atoms with Crippen molar-refractivity contribution in [2.24, 2.45) is 16.8 Å².